The predicted molar refractivity (Wildman–Crippen MR) is 178 cm³/mol. The summed E-state index contributed by atoms with van der Waals surface area (Å²) in [5.41, 5.74) is 3.02. The SMILES string of the molecule is CC(C)[C@H]1NC(=O)c2cncc(c2)CCCNC(=O)CN(C(=O)Cn2ccnc2-c2ccccc2)C[C@@H](Cc2ccccc2)NC1=O. The van der Waals surface area contributed by atoms with Crippen LogP contribution in [-0.2, 0) is 33.8 Å². The molecule has 47 heavy (non-hydrogen) atoms. The number of carbonyl (C=O) groups excluding carboxylic acids is 4. The van der Waals surface area contributed by atoms with Crippen molar-refractivity contribution in [2.45, 2.75) is 51.7 Å². The number of hydrogen-bond acceptors (Lipinski definition) is 6. The number of aromatic nitrogens is 3. The number of fused-ring (bicyclic) bond motifs is 2. The number of rotatable bonds is 6. The first-order chi connectivity index (χ1) is 22.8. The lowest BCUT2D eigenvalue weighted by atomic mass is 10.0. The molecule has 5 rings (SSSR count). The van der Waals surface area contributed by atoms with Crippen LogP contribution in [-0.4, -0.2) is 74.8 Å². The van der Waals surface area contributed by atoms with Crippen molar-refractivity contribution in [1.82, 2.24) is 35.4 Å². The van der Waals surface area contributed by atoms with Crippen molar-refractivity contribution in [1.29, 1.82) is 0 Å². The van der Waals surface area contributed by atoms with Gasteiger partial charge in [0, 0.05) is 43.4 Å². The number of benzene rings is 2. The molecule has 1 aliphatic heterocycles. The van der Waals surface area contributed by atoms with Gasteiger partial charge in [0.1, 0.15) is 18.4 Å². The van der Waals surface area contributed by atoms with Crippen LogP contribution in [0.2, 0.25) is 0 Å². The number of hydrogen-bond donors (Lipinski definition) is 3. The Morgan fingerprint density at radius 1 is 0.957 bits per heavy atom. The van der Waals surface area contributed by atoms with Gasteiger partial charge < -0.3 is 25.4 Å². The summed E-state index contributed by atoms with van der Waals surface area (Å²) in [4.78, 5) is 64.5. The van der Waals surface area contributed by atoms with Crippen LogP contribution in [0.4, 0.5) is 0 Å². The Morgan fingerprint density at radius 3 is 2.45 bits per heavy atom. The van der Waals surface area contributed by atoms with Gasteiger partial charge in [0.2, 0.25) is 17.7 Å². The molecule has 0 unspecified atom stereocenters. The number of pyridine rings is 1. The van der Waals surface area contributed by atoms with Crippen LogP contribution in [0.3, 0.4) is 0 Å². The molecular weight excluding hydrogens is 594 g/mol. The number of nitrogens with zero attached hydrogens (tertiary/aromatic N) is 4. The second-order valence-corrected chi connectivity index (χ2v) is 12.1. The summed E-state index contributed by atoms with van der Waals surface area (Å²) in [6.07, 6.45) is 8.17. The van der Waals surface area contributed by atoms with Crippen LogP contribution in [0.5, 0.6) is 0 Å². The summed E-state index contributed by atoms with van der Waals surface area (Å²) in [7, 11) is 0. The second-order valence-electron chi connectivity index (χ2n) is 12.1. The van der Waals surface area contributed by atoms with Crippen LogP contribution >= 0.6 is 0 Å². The standard InChI is InChI=1S/C36H41N7O4/c1-25(2)33-36(47)40-30(19-26-10-5-3-6-11-26)22-43(32(45)24-42-17-16-39-34(42)28-13-7-4-8-14-28)23-31(44)38-15-9-12-27-18-29(21-37-20-27)35(46)41-33/h3-8,10-11,13-14,16-18,20-21,25,30,33H,9,12,15,19,22-24H2,1-2H3,(H,38,44)(H,40,47)(H,41,46)/t30-,33-/m1/s1. The molecule has 3 N–H and O–H groups in total. The van der Waals surface area contributed by atoms with E-state index in [1.807, 2.05) is 74.5 Å². The lowest BCUT2D eigenvalue weighted by Gasteiger charge is -2.30. The fraction of sp³-hybridized carbons (Fsp3) is 0.333. The fourth-order valence-corrected chi connectivity index (χ4v) is 5.66. The molecule has 2 aromatic heterocycles. The van der Waals surface area contributed by atoms with E-state index in [1.165, 1.54) is 11.1 Å². The van der Waals surface area contributed by atoms with E-state index in [2.05, 4.69) is 25.9 Å². The first kappa shape index (κ1) is 33.1. The zero-order chi connectivity index (χ0) is 33.2. The highest BCUT2D eigenvalue weighted by Crippen LogP contribution is 2.17. The van der Waals surface area contributed by atoms with Crippen molar-refractivity contribution in [3.8, 4) is 11.4 Å². The molecule has 0 aliphatic carbocycles. The van der Waals surface area contributed by atoms with E-state index in [0.29, 0.717) is 37.2 Å². The minimum Gasteiger partial charge on any atom is -0.355 e. The normalized spacial score (nSPS) is 18.2. The van der Waals surface area contributed by atoms with Crippen molar-refractivity contribution in [2.75, 3.05) is 19.6 Å². The minimum absolute atomic E-state index is 0.0449. The van der Waals surface area contributed by atoms with Crippen molar-refractivity contribution in [3.05, 3.63) is 108 Å². The Bertz CT molecular complexity index is 1670. The van der Waals surface area contributed by atoms with E-state index in [1.54, 1.807) is 29.2 Å². The summed E-state index contributed by atoms with van der Waals surface area (Å²) in [5, 5.41) is 8.93. The molecule has 2 aromatic carbocycles. The number of nitrogens with one attached hydrogen (secondary N) is 3. The topological polar surface area (TPSA) is 138 Å². The third-order valence-electron chi connectivity index (χ3n) is 8.11. The van der Waals surface area contributed by atoms with Crippen LogP contribution < -0.4 is 16.0 Å². The van der Waals surface area contributed by atoms with Gasteiger partial charge in [-0.2, -0.15) is 0 Å². The van der Waals surface area contributed by atoms with Gasteiger partial charge in [-0.05, 0) is 42.4 Å². The Labute approximate surface area is 274 Å². The number of aryl methyl sites for hydroxylation is 1. The van der Waals surface area contributed by atoms with Crippen molar-refractivity contribution >= 4 is 23.6 Å². The Hall–Kier alpha value is -5.32. The molecule has 244 valence electrons. The van der Waals surface area contributed by atoms with E-state index in [-0.39, 0.29) is 43.3 Å². The van der Waals surface area contributed by atoms with E-state index in [0.717, 1.165) is 16.7 Å². The van der Waals surface area contributed by atoms with Crippen LogP contribution in [0, 0.1) is 5.92 Å². The maximum absolute atomic E-state index is 14.0. The van der Waals surface area contributed by atoms with Gasteiger partial charge in [0.15, 0.2) is 0 Å². The summed E-state index contributed by atoms with van der Waals surface area (Å²) in [6, 6.07) is 19.6. The number of imidazole rings is 1. The van der Waals surface area contributed by atoms with Gasteiger partial charge in [-0.25, -0.2) is 4.98 Å². The van der Waals surface area contributed by atoms with Gasteiger partial charge in [0.05, 0.1) is 18.2 Å². The molecule has 11 nitrogen and oxygen atoms in total. The minimum atomic E-state index is -0.841. The van der Waals surface area contributed by atoms with E-state index in [9.17, 15) is 19.2 Å². The molecular formula is C36H41N7O4. The molecule has 0 fully saturated rings. The Kier molecular flexibility index (Phi) is 11.1. The van der Waals surface area contributed by atoms with Gasteiger partial charge in [-0.1, -0.05) is 74.5 Å². The molecule has 4 aromatic rings. The zero-order valence-electron chi connectivity index (χ0n) is 26.8. The molecule has 3 heterocycles. The highest BCUT2D eigenvalue weighted by molar-refractivity contribution is 5.97. The molecule has 2 atom stereocenters. The average molecular weight is 636 g/mol. The van der Waals surface area contributed by atoms with Crippen LogP contribution in [0.25, 0.3) is 11.4 Å². The van der Waals surface area contributed by atoms with Crippen LogP contribution in [0.1, 0.15) is 41.8 Å². The largest absolute Gasteiger partial charge is 0.355 e. The first-order valence-electron chi connectivity index (χ1n) is 16.0. The average Bonchev–Trinajstić information content (AvgIpc) is 3.53. The Balaban J connectivity index is 1.45. The third kappa shape index (κ3) is 9.12. The lowest BCUT2D eigenvalue weighted by Crippen LogP contribution is -2.56. The molecule has 0 spiro atoms. The Morgan fingerprint density at radius 2 is 1.70 bits per heavy atom. The quantitative estimate of drug-likeness (QED) is 0.298. The predicted octanol–water partition coefficient (Wildman–Crippen LogP) is 3.02. The lowest BCUT2D eigenvalue weighted by molar-refractivity contribution is -0.137. The fourth-order valence-electron chi connectivity index (χ4n) is 5.66. The van der Waals surface area contributed by atoms with Gasteiger partial charge in [-0.15, -0.1) is 0 Å². The molecule has 1 aliphatic rings. The molecule has 0 saturated carbocycles. The molecule has 0 saturated heterocycles. The van der Waals surface area contributed by atoms with E-state index >= 15 is 0 Å². The smallest absolute Gasteiger partial charge is 0.253 e. The van der Waals surface area contributed by atoms with E-state index in [4.69, 9.17) is 0 Å². The zero-order valence-corrected chi connectivity index (χ0v) is 26.8. The van der Waals surface area contributed by atoms with Gasteiger partial charge in [0.25, 0.3) is 5.91 Å². The summed E-state index contributed by atoms with van der Waals surface area (Å²) < 4.78 is 1.76. The van der Waals surface area contributed by atoms with Gasteiger partial charge in [-0.3, -0.25) is 24.2 Å². The van der Waals surface area contributed by atoms with Crippen molar-refractivity contribution in [2.24, 2.45) is 5.92 Å². The van der Waals surface area contributed by atoms with Crippen molar-refractivity contribution < 1.29 is 19.2 Å². The highest BCUT2D eigenvalue weighted by atomic mass is 16.2. The van der Waals surface area contributed by atoms with Crippen LogP contribution in [0.15, 0.2) is 91.5 Å². The maximum Gasteiger partial charge on any atom is 0.253 e. The van der Waals surface area contributed by atoms with Crippen molar-refractivity contribution in [3.63, 3.8) is 0 Å². The molecule has 2 bridgehead atoms. The molecule has 4 amide bonds. The second kappa shape index (κ2) is 15.8. The molecule has 11 heteroatoms. The molecule has 0 radical (unpaired) electrons. The highest BCUT2D eigenvalue weighted by Gasteiger charge is 2.29. The van der Waals surface area contributed by atoms with E-state index < -0.39 is 18.0 Å². The maximum atomic E-state index is 14.0. The van der Waals surface area contributed by atoms with Gasteiger partial charge >= 0.3 is 0 Å². The first-order valence-corrected chi connectivity index (χ1v) is 16.0. The number of carbonyl (C=O) groups is 4. The summed E-state index contributed by atoms with van der Waals surface area (Å²) in [5.74, 6) is -0.953. The third-order valence-corrected chi connectivity index (χ3v) is 8.11. The summed E-state index contributed by atoms with van der Waals surface area (Å²) >= 11 is 0. The number of amides is 4. The monoisotopic (exact) mass is 635 g/mol. The summed E-state index contributed by atoms with van der Waals surface area (Å²) in [6.45, 7) is 3.96.